The van der Waals surface area contributed by atoms with Gasteiger partial charge in [-0.3, -0.25) is 4.79 Å². The summed E-state index contributed by atoms with van der Waals surface area (Å²) in [6, 6.07) is 7.78. The van der Waals surface area contributed by atoms with Crippen molar-refractivity contribution in [3.63, 3.8) is 0 Å². The maximum absolute atomic E-state index is 12.8. The van der Waals surface area contributed by atoms with E-state index in [-0.39, 0.29) is 31.3 Å². The van der Waals surface area contributed by atoms with Crippen LogP contribution in [0.5, 0.6) is 11.5 Å². The predicted octanol–water partition coefficient (Wildman–Crippen LogP) is 4.01. The molecule has 3 aliphatic rings. The van der Waals surface area contributed by atoms with E-state index in [0.29, 0.717) is 28.7 Å². The number of likely N-dealkylation sites (tertiary alicyclic amines) is 1. The Bertz CT molecular complexity index is 968. The molecule has 5 rings (SSSR count). The van der Waals surface area contributed by atoms with Gasteiger partial charge in [-0.15, -0.1) is 0 Å². The van der Waals surface area contributed by atoms with Gasteiger partial charge in [-0.2, -0.15) is 0 Å². The van der Waals surface area contributed by atoms with Gasteiger partial charge < -0.3 is 23.6 Å². The van der Waals surface area contributed by atoms with Gasteiger partial charge in [-0.25, -0.2) is 0 Å². The Labute approximate surface area is 176 Å². The highest BCUT2D eigenvalue weighted by molar-refractivity contribution is 5.78. The first kappa shape index (κ1) is 19.4. The highest BCUT2D eigenvalue weighted by Gasteiger charge is 2.50. The first-order valence-corrected chi connectivity index (χ1v) is 10.5. The molecule has 1 saturated carbocycles. The van der Waals surface area contributed by atoms with Crippen LogP contribution in [0, 0.1) is 10.8 Å². The first-order valence-electron chi connectivity index (χ1n) is 10.5. The highest BCUT2D eigenvalue weighted by atomic mass is 16.7. The van der Waals surface area contributed by atoms with Crippen LogP contribution in [0.1, 0.15) is 45.7 Å². The molecule has 2 aliphatic heterocycles. The van der Waals surface area contributed by atoms with E-state index in [1.165, 1.54) is 6.42 Å². The van der Waals surface area contributed by atoms with Crippen LogP contribution < -0.4 is 9.47 Å². The number of ether oxygens (including phenoxy) is 3. The lowest BCUT2D eigenvalue weighted by atomic mass is 9.65. The van der Waals surface area contributed by atoms with Crippen LogP contribution in [0.15, 0.2) is 28.8 Å². The normalized spacial score (nSPS) is 26.2. The molecule has 0 N–H and O–H groups in total. The van der Waals surface area contributed by atoms with Gasteiger partial charge in [0.15, 0.2) is 17.3 Å². The third-order valence-electron chi connectivity index (χ3n) is 6.43. The number of benzene rings is 1. The summed E-state index contributed by atoms with van der Waals surface area (Å²) in [5.74, 6) is 2.12. The Hall–Kier alpha value is -2.54. The Balaban J connectivity index is 1.17. The van der Waals surface area contributed by atoms with E-state index in [2.05, 4.69) is 25.9 Å². The van der Waals surface area contributed by atoms with Gasteiger partial charge in [-0.1, -0.05) is 25.9 Å². The number of carbonyl (C=O) groups is 1. The smallest absolute Gasteiger partial charge is 0.248 e. The molecule has 0 spiro atoms. The van der Waals surface area contributed by atoms with Crippen LogP contribution in [-0.4, -0.2) is 42.0 Å². The fourth-order valence-corrected chi connectivity index (χ4v) is 5.64. The van der Waals surface area contributed by atoms with Crippen LogP contribution >= 0.6 is 0 Å². The van der Waals surface area contributed by atoms with Crippen LogP contribution in [0.3, 0.4) is 0 Å². The summed E-state index contributed by atoms with van der Waals surface area (Å²) in [7, 11) is 0. The molecule has 30 heavy (non-hydrogen) atoms. The fraction of sp³-hybridized carbons (Fsp3) is 0.565. The minimum absolute atomic E-state index is 0.0687. The van der Waals surface area contributed by atoms with E-state index < -0.39 is 0 Å². The van der Waals surface area contributed by atoms with Gasteiger partial charge in [0.1, 0.15) is 12.3 Å². The molecule has 3 heterocycles. The second-order valence-corrected chi connectivity index (χ2v) is 9.98. The number of aromatic nitrogens is 1. The SMILES string of the molecule is CC1(C)C[C@H]2C[C@@](C)(CN2C(=O)COCc2cc(-c3ccc4c(c3)OCO4)on2)C1. The molecule has 7 nitrogen and oxygen atoms in total. The molecule has 2 aromatic rings. The lowest BCUT2D eigenvalue weighted by Gasteiger charge is -2.39. The maximum Gasteiger partial charge on any atom is 0.248 e. The van der Waals surface area contributed by atoms with Crippen molar-refractivity contribution in [1.29, 1.82) is 0 Å². The molecular formula is C23H28N2O5. The zero-order valence-corrected chi connectivity index (χ0v) is 17.8. The Morgan fingerprint density at radius 2 is 2.03 bits per heavy atom. The topological polar surface area (TPSA) is 74.0 Å². The monoisotopic (exact) mass is 412 g/mol. The second-order valence-electron chi connectivity index (χ2n) is 9.98. The molecule has 2 atom stereocenters. The molecule has 1 aliphatic carbocycles. The summed E-state index contributed by atoms with van der Waals surface area (Å²) in [6.45, 7) is 8.30. The molecule has 2 bridgehead atoms. The summed E-state index contributed by atoms with van der Waals surface area (Å²) in [6.07, 6.45) is 3.34. The maximum atomic E-state index is 12.8. The average Bonchev–Trinajstić information content (AvgIpc) is 3.37. The number of hydrogen-bond donors (Lipinski definition) is 0. The molecule has 160 valence electrons. The van der Waals surface area contributed by atoms with Crippen molar-refractivity contribution in [2.24, 2.45) is 10.8 Å². The van der Waals surface area contributed by atoms with E-state index >= 15 is 0 Å². The van der Waals surface area contributed by atoms with Crippen LogP contribution in [0.4, 0.5) is 0 Å². The molecule has 0 radical (unpaired) electrons. The van der Waals surface area contributed by atoms with Gasteiger partial charge >= 0.3 is 0 Å². The summed E-state index contributed by atoms with van der Waals surface area (Å²) < 4.78 is 21.9. The quantitative estimate of drug-likeness (QED) is 0.739. The zero-order chi connectivity index (χ0) is 20.9. The van der Waals surface area contributed by atoms with Crippen LogP contribution in [0.25, 0.3) is 11.3 Å². The number of carbonyl (C=O) groups excluding carboxylic acids is 1. The number of hydrogen-bond acceptors (Lipinski definition) is 6. The van der Waals surface area contributed by atoms with E-state index in [1.54, 1.807) is 0 Å². The summed E-state index contributed by atoms with van der Waals surface area (Å²) in [5, 5.41) is 4.07. The molecule has 2 fully saturated rings. The molecule has 1 amide bonds. The van der Waals surface area contributed by atoms with Gasteiger partial charge in [-0.05, 0) is 48.3 Å². The molecule has 7 heteroatoms. The van der Waals surface area contributed by atoms with Crippen LogP contribution in [0.2, 0.25) is 0 Å². The molecular weight excluding hydrogens is 384 g/mol. The van der Waals surface area contributed by atoms with Crippen molar-refractivity contribution >= 4 is 5.91 Å². The third-order valence-corrected chi connectivity index (χ3v) is 6.43. The van der Waals surface area contributed by atoms with Gasteiger partial charge in [0.25, 0.3) is 0 Å². The molecule has 1 aromatic carbocycles. The zero-order valence-electron chi connectivity index (χ0n) is 17.8. The fourth-order valence-electron chi connectivity index (χ4n) is 5.64. The number of amides is 1. The summed E-state index contributed by atoms with van der Waals surface area (Å²) in [5.41, 5.74) is 2.03. The van der Waals surface area contributed by atoms with E-state index in [4.69, 9.17) is 18.7 Å². The van der Waals surface area contributed by atoms with Crippen molar-refractivity contribution in [1.82, 2.24) is 10.1 Å². The van der Waals surface area contributed by atoms with Crippen LogP contribution in [-0.2, 0) is 16.1 Å². The molecule has 1 aromatic heterocycles. The minimum atomic E-state index is 0.0687. The van der Waals surface area contributed by atoms with Gasteiger partial charge in [0.05, 0.1) is 6.61 Å². The van der Waals surface area contributed by atoms with Gasteiger partial charge in [0.2, 0.25) is 12.7 Å². The second kappa shape index (κ2) is 7.01. The lowest BCUT2D eigenvalue weighted by Crippen LogP contribution is -2.39. The highest BCUT2D eigenvalue weighted by Crippen LogP contribution is 2.52. The number of fused-ring (bicyclic) bond motifs is 3. The van der Waals surface area contributed by atoms with E-state index in [9.17, 15) is 4.79 Å². The van der Waals surface area contributed by atoms with Crippen molar-refractivity contribution in [3.05, 3.63) is 30.0 Å². The molecule has 0 unspecified atom stereocenters. The van der Waals surface area contributed by atoms with Crippen molar-refractivity contribution in [2.45, 2.75) is 52.7 Å². The summed E-state index contributed by atoms with van der Waals surface area (Å²) >= 11 is 0. The summed E-state index contributed by atoms with van der Waals surface area (Å²) in [4.78, 5) is 14.8. The predicted molar refractivity (Wildman–Crippen MR) is 109 cm³/mol. The van der Waals surface area contributed by atoms with E-state index in [0.717, 1.165) is 30.7 Å². The van der Waals surface area contributed by atoms with Gasteiger partial charge in [0, 0.05) is 24.2 Å². The minimum Gasteiger partial charge on any atom is -0.454 e. The molecule has 1 saturated heterocycles. The van der Waals surface area contributed by atoms with Crippen molar-refractivity contribution in [3.8, 4) is 22.8 Å². The average molecular weight is 412 g/mol. The Kier molecular flexibility index (Phi) is 4.54. The standard InChI is InChI=1S/C23H28N2O5/c1-22(2)8-17-9-23(3,12-22)13-25(17)21(26)11-27-10-16-7-19(30-24-16)15-4-5-18-20(6-15)29-14-28-18/h4-7,17H,8-14H2,1-3H3/t17-,23+/m0/s1. The Morgan fingerprint density at radius 3 is 2.90 bits per heavy atom. The first-order chi connectivity index (χ1) is 14.3. The third kappa shape index (κ3) is 3.67. The lowest BCUT2D eigenvalue weighted by molar-refractivity contribution is -0.137. The largest absolute Gasteiger partial charge is 0.454 e. The van der Waals surface area contributed by atoms with Crippen molar-refractivity contribution in [2.75, 3.05) is 19.9 Å². The number of nitrogens with zero attached hydrogens (tertiary/aromatic N) is 2. The Morgan fingerprint density at radius 1 is 1.20 bits per heavy atom. The number of rotatable bonds is 5. The van der Waals surface area contributed by atoms with Crippen molar-refractivity contribution < 1.29 is 23.5 Å². The van der Waals surface area contributed by atoms with E-state index in [1.807, 2.05) is 29.2 Å².